The predicted molar refractivity (Wildman–Crippen MR) is 118 cm³/mol. The molecule has 1 fully saturated rings. The zero-order valence-electron chi connectivity index (χ0n) is 17.5. The van der Waals surface area contributed by atoms with E-state index in [0.29, 0.717) is 18.0 Å². The van der Waals surface area contributed by atoms with Gasteiger partial charge in [0.25, 0.3) is 0 Å². The van der Waals surface area contributed by atoms with Gasteiger partial charge in [-0.25, -0.2) is 15.0 Å². The Hall–Kier alpha value is -3.47. The van der Waals surface area contributed by atoms with Crippen molar-refractivity contribution in [2.24, 2.45) is 4.99 Å². The third kappa shape index (κ3) is 5.54. The Labute approximate surface area is 177 Å². The summed E-state index contributed by atoms with van der Waals surface area (Å²) in [4.78, 5) is 18.0. The smallest absolute Gasteiger partial charge is 0.225 e. The average Bonchev–Trinajstić information content (AvgIpc) is 2.81. The summed E-state index contributed by atoms with van der Waals surface area (Å²) in [6.45, 7) is 7.00. The molecule has 0 unspecified atom stereocenters. The van der Waals surface area contributed by atoms with Crippen LogP contribution in [0.5, 0.6) is 11.5 Å². The number of aromatic nitrogens is 2. The maximum atomic E-state index is 5.59. The monoisotopic (exact) mass is 408 g/mol. The lowest BCUT2D eigenvalue weighted by atomic mass is 10.2. The molecule has 1 aromatic carbocycles. The van der Waals surface area contributed by atoms with Gasteiger partial charge in [0.15, 0.2) is 17.5 Å². The summed E-state index contributed by atoms with van der Waals surface area (Å²) < 4.78 is 10.9. The van der Waals surface area contributed by atoms with Gasteiger partial charge < -0.3 is 24.6 Å². The second-order valence-electron chi connectivity index (χ2n) is 6.67. The molecule has 3 rings (SSSR count). The SMILES string of the molecule is C#CCOc1cc(CN=C(NCC)N2CCN(c3ncccn3)CC2)ccc1OC. The molecule has 0 saturated carbocycles. The molecule has 0 atom stereocenters. The molecule has 2 aromatic rings. The van der Waals surface area contributed by atoms with Gasteiger partial charge in [0, 0.05) is 45.1 Å². The number of anilines is 1. The highest BCUT2D eigenvalue weighted by Crippen LogP contribution is 2.28. The van der Waals surface area contributed by atoms with Crippen molar-refractivity contribution in [2.75, 3.05) is 51.3 Å². The highest BCUT2D eigenvalue weighted by atomic mass is 16.5. The van der Waals surface area contributed by atoms with Crippen LogP contribution in [-0.2, 0) is 6.54 Å². The summed E-state index contributed by atoms with van der Waals surface area (Å²) in [7, 11) is 1.61. The molecule has 1 saturated heterocycles. The van der Waals surface area contributed by atoms with Crippen LogP contribution in [0.2, 0.25) is 0 Å². The van der Waals surface area contributed by atoms with Crippen LogP contribution < -0.4 is 19.7 Å². The van der Waals surface area contributed by atoms with Gasteiger partial charge in [0.05, 0.1) is 13.7 Å². The van der Waals surface area contributed by atoms with Crippen molar-refractivity contribution in [3.63, 3.8) is 0 Å². The number of piperazine rings is 1. The number of nitrogens with one attached hydrogen (secondary N) is 1. The summed E-state index contributed by atoms with van der Waals surface area (Å²) in [5, 5.41) is 3.39. The molecular weight excluding hydrogens is 380 g/mol. The highest BCUT2D eigenvalue weighted by molar-refractivity contribution is 5.80. The lowest BCUT2D eigenvalue weighted by Crippen LogP contribution is -2.52. The van der Waals surface area contributed by atoms with Crippen LogP contribution in [0.4, 0.5) is 5.95 Å². The maximum absolute atomic E-state index is 5.59. The first-order chi connectivity index (χ1) is 14.7. The van der Waals surface area contributed by atoms with E-state index in [4.69, 9.17) is 20.9 Å². The maximum Gasteiger partial charge on any atom is 0.225 e. The Morgan fingerprint density at radius 1 is 1.20 bits per heavy atom. The quantitative estimate of drug-likeness (QED) is 0.425. The molecular formula is C22H28N6O2. The summed E-state index contributed by atoms with van der Waals surface area (Å²) >= 11 is 0. The second-order valence-corrected chi connectivity index (χ2v) is 6.67. The van der Waals surface area contributed by atoms with Crippen molar-refractivity contribution < 1.29 is 9.47 Å². The Bertz CT molecular complexity index is 873. The summed E-state index contributed by atoms with van der Waals surface area (Å²) in [5.74, 6) is 5.43. The minimum Gasteiger partial charge on any atom is -0.493 e. The number of ether oxygens (including phenoxy) is 2. The minimum atomic E-state index is 0.196. The van der Waals surface area contributed by atoms with E-state index in [9.17, 15) is 0 Å². The minimum absolute atomic E-state index is 0.196. The van der Waals surface area contributed by atoms with Gasteiger partial charge in [0.2, 0.25) is 5.95 Å². The second kappa shape index (κ2) is 10.9. The van der Waals surface area contributed by atoms with E-state index in [2.05, 4.69) is 37.9 Å². The third-order valence-corrected chi connectivity index (χ3v) is 4.70. The van der Waals surface area contributed by atoms with Crippen LogP contribution in [0.3, 0.4) is 0 Å². The van der Waals surface area contributed by atoms with Crippen LogP contribution >= 0.6 is 0 Å². The molecule has 1 aliphatic heterocycles. The molecule has 30 heavy (non-hydrogen) atoms. The van der Waals surface area contributed by atoms with Gasteiger partial charge in [-0.15, -0.1) is 6.42 Å². The predicted octanol–water partition coefficient (Wildman–Crippen LogP) is 1.78. The van der Waals surface area contributed by atoms with Crippen LogP contribution in [0.25, 0.3) is 0 Å². The summed E-state index contributed by atoms with van der Waals surface area (Å²) in [6, 6.07) is 7.62. The van der Waals surface area contributed by atoms with Crippen LogP contribution in [0.15, 0.2) is 41.7 Å². The number of methoxy groups -OCH3 is 1. The van der Waals surface area contributed by atoms with Gasteiger partial charge >= 0.3 is 0 Å². The van der Waals surface area contributed by atoms with E-state index in [1.165, 1.54) is 0 Å². The standard InChI is InChI=1S/C22H28N6O2/c1-4-15-30-20-16-18(7-8-19(20)29-3)17-26-21(23-5-2)27-11-13-28(14-12-27)22-24-9-6-10-25-22/h1,6-10,16H,5,11-15,17H2,2-3H3,(H,23,26). The van der Waals surface area contributed by atoms with E-state index in [1.54, 1.807) is 19.5 Å². The first-order valence-electron chi connectivity index (χ1n) is 10.0. The fourth-order valence-corrected chi connectivity index (χ4v) is 3.22. The van der Waals surface area contributed by atoms with Crippen molar-refractivity contribution in [2.45, 2.75) is 13.5 Å². The molecule has 0 spiro atoms. The van der Waals surface area contributed by atoms with Crippen LogP contribution in [0, 0.1) is 12.3 Å². The van der Waals surface area contributed by atoms with Crippen molar-refractivity contribution >= 4 is 11.9 Å². The van der Waals surface area contributed by atoms with Gasteiger partial charge in [-0.3, -0.25) is 0 Å². The number of terminal acetylenes is 1. The average molecular weight is 409 g/mol. The molecule has 1 N–H and O–H groups in total. The highest BCUT2D eigenvalue weighted by Gasteiger charge is 2.21. The molecule has 1 aromatic heterocycles. The number of hydrogen-bond acceptors (Lipinski definition) is 6. The van der Waals surface area contributed by atoms with Crippen molar-refractivity contribution in [1.29, 1.82) is 0 Å². The fraction of sp³-hybridized carbons (Fsp3) is 0.409. The van der Waals surface area contributed by atoms with E-state index >= 15 is 0 Å². The van der Waals surface area contributed by atoms with Crippen LogP contribution in [-0.4, -0.2) is 67.3 Å². The molecule has 0 aliphatic carbocycles. The molecule has 158 valence electrons. The van der Waals surface area contributed by atoms with E-state index in [-0.39, 0.29) is 6.61 Å². The zero-order valence-corrected chi connectivity index (χ0v) is 17.5. The molecule has 0 amide bonds. The Morgan fingerprint density at radius 3 is 2.63 bits per heavy atom. The lowest BCUT2D eigenvalue weighted by molar-refractivity contribution is 0.330. The van der Waals surface area contributed by atoms with Crippen molar-refractivity contribution in [3.8, 4) is 23.8 Å². The Morgan fingerprint density at radius 2 is 1.97 bits per heavy atom. The summed E-state index contributed by atoms with van der Waals surface area (Å²) in [5.41, 5.74) is 1.02. The molecule has 0 radical (unpaired) electrons. The number of rotatable bonds is 7. The summed E-state index contributed by atoms with van der Waals surface area (Å²) in [6.07, 6.45) is 8.85. The van der Waals surface area contributed by atoms with Crippen LogP contribution in [0.1, 0.15) is 12.5 Å². The number of hydrogen-bond donors (Lipinski definition) is 1. The van der Waals surface area contributed by atoms with Gasteiger partial charge in [-0.2, -0.15) is 0 Å². The molecule has 8 nitrogen and oxygen atoms in total. The number of guanidine groups is 1. The number of aliphatic imine (C=N–C) groups is 1. The zero-order chi connectivity index (χ0) is 21.2. The van der Waals surface area contributed by atoms with Gasteiger partial charge in [0.1, 0.15) is 6.61 Å². The third-order valence-electron chi connectivity index (χ3n) is 4.70. The normalized spacial score (nSPS) is 14.2. The van der Waals surface area contributed by atoms with Gasteiger partial charge in [-0.05, 0) is 30.7 Å². The first kappa shape index (κ1) is 21.2. The first-order valence-corrected chi connectivity index (χ1v) is 10.0. The largest absolute Gasteiger partial charge is 0.493 e. The van der Waals surface area contributed by atoms with E-state index in [0.717, 1.165) is 50.2 Å². The number of nitrogens with zero attached hydrogens (tertiary/aromatic N) is 5. The molecule has 1 aliphatic rings. The fourth-order valence-electron chi connectivity index (χ4n) is 3.22. The number of benzene rings is 1. The molecule has 8 heteroatoms. The molecule has 0 bridgehead atoms. The van der Waals surface area contributed by atoms with E-state index in [1.807, 2.05) is 24.3 Å². The van der Waals surface area contributed by atoms with Gasteiger partial charge in [-0.1, -0.05) is 12.0 Å². The Balaban J connectivity index is 1.66. The lowest BCUT2D eigenvalue weighted by Gasteiger charge is -2.36. The van der Waals surface area contributed by atoms with E-state index < -0.39 is 0 Å². The topological polar surface area (TPSA) is 75.1 Å². The van der Waals surface area contributed by atoms with Crippen molar-refractivity contribution in [1.82, 2.24) is 20.2 Å². The van der Waals surface area contributed by atoms with Crippen molar-refractivity contribution in [3.05, 3.63) is 42.2 Å². The Kier molecular flexibility index (Phi) is 7.72. The molecule has 2 heterocycles.